The van der Waals surface area contributed by atoms with Crippen LogP contribution >= 0.6 is 11.8 Å². The number of nitrogens with zero attached hydrogens (tertiary/aromatic N) is 4. The van der Waals surface area contributed by atoms with Gasteiger partial charge in [-0.2, -0.15) is 9.61 Å². The van der Waals surface area contributed by atoms with Gasteiger partial charge in [-0.05, 0) is 36.8 Å². The fourth-order valence-corrected chi connectivity index (χ4v) is 3.71. The number of methoxy groups -OCH3 is 2. The van der Waals surface area contributed by atoms with Crippen molar-refractivity contribution in [2.75, 3.05) is 14.2 Å². The summed E-state index contributed by atoms with van der Waals surface area (Å²) in [6, 6.07) is 9.00. The summed E-state index contributed by atoms with van der Waals surface area (Å²) in [5, 5.41) is 22.5. The first-order valence-corrected chi connectivity index (χ1v) is 9.79. The molecule has 2 heterocycles. The molecule has 2 aromatic heterocycles. The van der Waals surface area contributed by atoms with Crippen molar-refractivity contribution >= 4 is 23.4 Å². The van der Waals surface area contributed by atoms with Crippen LogP contribution in [-0.4, -0.2) is 50.4 Å². The van der Waals surface area contributed by atoms with E-state index in [-0.39, 0.29) is 0 Å². The number of rotatable bonds is 9. The van der Waals surface area contributed by atoms with Crippen LogP contribution in [0.25, 0.3) is 17.0 Å². The Labute approximate surface area is 166 Å². The molecule has 8 nitrogen and oxygen atoms in total. The summed E-state index contributed by atoms with van der Waals surface area (Å²) >= 11 is 1.24. The number of fused-ring (bicyclic) bond motifs is 1. The molecule has 0 aliphatic carbocycles. The predicted octanol–water partition coefficient (Wildman–Crippen LogP) is 3.54. The van der Waals surface area contributed by atoms with Crippen LogP contribution in [0.4, 0.5) is 0 Å². The van der Waals surface area contributed by atoms with Crippen LogP contribution in [0.2, 0.25) is 0 Å². The monoisotopic (exact) mass is 402 g/mol. The maximum atomic E-state index is 11.5. The van der Waals surface area contributed by atoms with Gasteiger partial charge in [-0.25, -0.2) is 0 Å². The summed E-state index contributed by atoms with van der Waals surface area (Å²) in [6.45, 7) is 2.04. The minimum atomic E-state index is -0.829. The second-order valence-electron chi connectivity index (χ2n) is 6.12. The number of carboxylic acids is 1. The van der Waals surface area contributed by atoms with Gasteiger partial charge in [-0.15, -0.1) is 10.2 Å². The number of thioether (sulfide) groups is 1. The average molecular weight is 402 g/mol. The number of carbonyl (C=O) groups is 1. The van der Waals surface area contributed by atoms with Crippen LogP contribution in [0.3, 0.4) is 0 Å². The minimum Gasteiger partial charge on any atom is -0.493 e. The van der Waals surface area contributed by atoms with Crippen molar-refractivity contribution in [2.45, 2.75) is 36.5 Å². The Kier molecular flexibility index (Phi) is 6.35. The van der Waals surface area contributed by atoms with E-state index in [1.54, 1.807) is 43.0 Å². The Morgan fingerprint density at radius 3 is 2.64 bits per heavy atom. The first kappa shape index (κ1) is 19.9. The topological polar surface area (TPSA) is 98.8 Å². The molecule has 1 aromatic carbocycles. The largest absolute Gasteiger partial charge is 0.493 e. The molecule has 3 aromatic rings. The van der Waals surface area contributed by atoms with E-state index in [2.05, 4.69) is 15.3 Å². The molecule has 0 aliphatic rings. The van der Waals surface area contributed by atoms with E-state index in [1.807, 2.05) is 13.0 Å². The maximum Gasteiger partial charge on any atom is 0.317 e. The van der Waals surface area contributed by atoms with Crippen LogP contribution < -0.4 is 9.47 Å². The highest BCUT2D eigenvalue weighted by Gasteiger charge is 2.20. The molecule has 148 valence electrons. The van der Waals surface area contributed by atoms with E-state index < -0.39 is 11.2 Å². The molecule has 1 N–H and O–H groups in total. The van der Waals surface area contributed by atoms with E-state index in [0.29, 0.717) is 34.4 Å². The van der Waals surface area contributed by atoms with Crippen molar-refractivity contribution in [2.24, 2.45) is 0 Å². The lowest BCUT2D eigenvalue weighted by Gasteiger charge is -2.11. The SMILES string of the molecule is CCCC[C@@H](Sc1ccc2nnc(-c3ccc(OC)c(OC)c3)n2n1)C(=O)O. The standard InChI is InChI=1S/C19H22N4O4S/c1-4-5-6-15(19(24)25)28-17-10-9-16-20-21-18(23(16)22-17)12-7-8-13(26-2)14(11-12)27-3/h7-11,15H,4-6H2,1-3H3,(H,24,25)/t15-/m1/s1. The Balaban J connectivity index is 1.95. The lowest BCUT2D eigenvalue weighted by Crippen LogP contribution is -2.16. The van der Waals surface area contributed by atoms with E-state index in [4.69, 9.17) is 9.47 Å². The molecule has 0 radical (unpaired) electrons. The maximum absolute atomic E-state index is 11.5. The summed E-state index contributed by atoms with van der Waals surface area (Å²) in [4.78, 5) is 11.5. The average Bonchev–Trinajstić information content (AvgIpc) is 3.13. The zero-order chi connectivity index (χ0) is 20.1. The summed E-state index contributed by atoms with van der Waals surface area (Å²) in [6.07, 6.45) is 2.41. The van der Waals surface area contributed by atoms with E-state index in [0.717, 1.165) is 18.4 Å². The molecule has 0 amide bonds. The highest BCUT2D eigenvalue weighted by Crippen LogP contribution is 2.32. The van der Waals surface area contributed by atoms with Crippen LogP contribution in [0.15, 0.2) is 35.4 Å². The van der Waals surface area contributed by atoms with Crippen LogP contribution in [0.1, 0.15) is 26.2 Å². The Bertz CT molecular complexity index is 976. The molecule has 0 saturated heterocycles. The number of aromatic nitrogens is 4. The third-order valence-electron chi connectivity index (χ3n) is 4.24. The first-order valence-electron chi connectivity index (χ1n) is 8.91. The number of hydrogen-bond donors (Lipinski definition) is 1. The van der Waals surface area contributed by atoms with Crippen LogP contribution in [0, 0.1) is 0 Å². The molecule has 0 unspecified atom stereocenters. The molecule has 0 fully saturated rings. The number of benzene rings is 1. The van der Waals surface area contributed by atoms with Crippen LogP contribution in [-0.2, 0) is 4.79 Å². The van der Waals surface area contributed by atoms with Gasteiger partial charge in [-0.1, -0.05) is 31.5 Å². The smallest absolute Gasteiger partial charge is 0.317 e. The zero-order valence-corrected chi connectivity index (χ0v) is 16.8. The fourth-order valence-electron chi connectivity index (χ4n) is 2.76. The summed E-state index contributed by atoms with van der Waals surface area (Å²) in [5.74, 6) is 0.903. The third kappa shape index (κ3) is 4.19. The van der Waals surface area contributed by atoms with Crippen molar-refractivity contribution < 1.29 is 19.4 Å². The molecule has 3 rings (SSSR count). The second kappa shape index (κ2) is 8.92. The molecule has 28 heavy (non-hydrogen) atoms. The normalized spacial score (nSPS) is 12.1. The Morgan fingerprint density at radius 2 is 1.96 bits per heavy atom. The Hall–Kier alpha value is -2.81. The van der Waals surface area contributed by atoms with Gasteiger partial charge in [0.2, 0.25) is 0 Å². The molecule has 0 spiro atoms. The molecule has 9 heteroatoms. The summed E-state index contributed by atoms with van der Waals surface area (Å²) < 4.78 is 12.2. The number of hydrogen-bond acceptors (Lipinski definition) is 7. The van der Waals surface area contributed by atoms with E-state index in [9.17, 15) is 9.90 Å². The van der Waals surface area contributed by atoms with Gasteiger partial charge in [0.15, 0.2) is 23.0 Å². The number of ether oxygens (including phenoxy) is 2. The van der Waals surface area contributed by atoms with Crippen molar-refractivity contribution in [1.29, 1.82) is 0 Å². The number of unbranched alkanes of at least 4 members (excludes halogenated alkanes) is 1. The van der Waals surface area contributed by atoms with Gasteiger partial charge in [0.25, 0.3) is 0 Å². The third-order valence-corrected chi connectivity index (χ3v) is 5.42. The highest BCUT2D eigenvalue weighted by atomic mass is 32.2. The van der Waals surface area contributed by atoms with Gasteiger partial charge < -0.3 is 14.6 Å². The van der Waals surface area contributed by atoms with Crippen molar-refractivity contribution in [3.63, 3.8) is 0 Å². The molecule has 0 bridgehead atoms. The lowest BCUT2D eigenvalue weighted by molar-refractivity contribution is -0.136. The molecule has 1 atom stereocenters. The van der Waals surface area contributed by atoms with Crippen molar-refractivity contribution in [3.05, 3.63) is 30.3 Å². The van der Waals surface area contributed by atoms with Crippen molar-refractivity contribution in [1.82, 2.24) is 19.8 Å². The lowest BCUT2D eigenvalue weighted by atomic mass is 10.2. The molecular weight excluding hydrogens is 380 g/mol. The zero-order valence-electron chi connectivity index (χ0n) is 16.0. The number of aliphatic carboxylic acids is 1. The highest BCUT2D eigenvalue weighted by molar-refractivity contribution is 8.00. The van der Waals surface area contributed by atoms with Crippen LogP contribution in [0.5, 0.6) is 11.5 Å². The van der Waals surface area contributed by atoms with Gasteiger partial charge in [0.05, 0.1) is 14.2 Å². The molecule has 0 saturated carbocycles. The van der Waals surface area contributed by atoms with Gasteiger partial charge in [0, 0.05) is 5.56 Å². The van der Waals surface area contributed by atoms with Crippen molar-refractivity contribution in [3.8, 4) is 22.9 Å². The van der Waals surface area contributed by atoms with Gasteiger partial charge in [0.1, 0.15) is 10.3 Å². The number of carboxylic acid groups (broad SMARTS) is 1. The summed E-state index contributed by atoms with van der Waals surface area (Å²) in [7, 11) is 3.14. The molecule has 0 aliphatic heterocycles. The van der Waals surface area contributed by atoms with E-state index >= 15 is 0 Å². The second-order valence-corrected chi connectivity index (χ2v) is 7.34. The fraction of sp³-hybridized carbons (Fsp3) is 0.368. The van der Waals surface area contributed by atoms with E-state index in [1.165, 1.54) is 11.8 Å². The molecular formula is C19H22N4O4S. The predicted molar refractivity (Wildman–Crippen MR) is 106 cm³/mol. The minimum absolute atomic E-state index is 0.536. The van der Waals surface area contributed by atoms with Gasteiger partial charge in [-0.3, -0.25) is 4.79 Å². The first-order chi connectivity index (χ1) is 13.6. The summed E-state index contributed by atoms with van der Waals surface area (Å²) in [5.41, 5.74) is 1.34. The Morgan fingerprint density at radius 1 is 1.18 bits per heavy atom. The van der Waals surface area contributed by atoms with Gasteiger partial charge >= 0.3 is 5.97 Å². The quantitative estimate of drug-likeness (QED) is 0.543.